The Balaban J connectivity index is 1.71. The van der Waals surface area contributed by atoms with E-state index in [0.29, 0.717) is 5.56 Å². The van der Waals surface area contributed by atoms with Gasteiger partial charge in [0.05, 0.1) is 11.3 Å². The maximum absolute atomic E-state index is 10.1. The normalized spacial score (nSPS) is 11.7. The number of aromatic amines is 1. The average Bonchev–Trinajstić information content (AvgIpc) is 2.93. The molecular weight excluding hydrogens is 324 g/mol. The molecule has 3 N–H and O–H groups in total. The molecule has 0 amide bonds. The molecule has 0 unspecified atom stereocenters. The molecule has 0 bridgehead atoms. The van der Waals surface area contributed by atoms with E-state index in [-0.39, 0.29) is 5.88 Å². The van der Waals surface area contributed by atoms with Crippen molar-refractivity contribution >= 4 is 28.5 Å². The quantitative estimate of drug-likeness (QED) is 0.440. The summed E-state index contributed by atoms with van der Waals surface area (Å²) in [6.45, 7) is 4.10. The van der Waals surface area contributed by atoms with E-state index in [1.807, 2.05) is 30.3 Å². The molecule has 3 aromatic rings. The van der Waals surface area contributed by atoms with E-state index >= 15 is 0 Å². The minimum atomic E-state index is 0.144. The number of benzene rings is 2. The van der Waals surface area contributed by atoms with Crippen LogP contribution >= 0.6 is 0 Å². The van der Waals surface area contributed by atoms with E-state index in [1.165, 1.54) is 0 Å². The number of aliphatic imine (C=N–C) groups is 1. The van der Waals surface area contributed by atoms with Crippen molar-refractivity contribution in [1.29, 1.82) is 0 Å². The van der Waals surface area contributed by atoms with E-state index in [0.717, 1.165) is 47.4 Å². The first-order valence-electron chi connectivity index (χ1n) is 8.87. The van der Waals surface area contributed by atoms with Crippen LogP contribution in [0.25, 0.3) is 10.9 Å². The maximum Gasteiger partial charge on any atom is 0.198 e. The van der Waals surface area contributed by atoms with Crippen molar-refractivity contribution < 1.29 is 5.11 Å². The van der Waals surface area contributed by atoms with Gasteiger partial charge in [0.25, 0.3) is 0 Å². The number of anilines is 1. The summed E-state index contributed by atoms with van der Waals surface area (Å²) in [5, 5.41) is 14.5. The van der Waals surface area contributed by atoms with Crippen LogP contribution in [-0.2, 0) is 0 Å². The van der Waals surface area contributed by atoms with Crippen LogP contribution in [0, 0.1) is 6.92 Å². The number of rotatable bonds is 7. The van der Waals surface area contributed by atoms with Gasteiger partial charge in [-0.25, -0.2) is 0 Å². The van der Waals surface area contributed by atoms with E-state index in [4.69, 9.17) is 0 Å². The molecule has 136 valence electrons. The van der Waals surface area contributed by atoms with Crippen LogP contribution in [-0.4, -0.2) is 48.4 Å². The number of aryl methyl sites for hydroxylation is 1. The summed E-state index contributed by atoms with van der Waals surface area (Å²) in [5.74, 6) is 0.144. The third-order valence-corrected chi connectivity index (χ3v) is 4.38. The van der Waals surface area contributed by atoms with E-state index in [1.54, 1.807) is 6.21 Å². The molecule has 2 aromatic carbocycles. The minimum Gasteiger partial charge on any atom is -0.494 e. The van der Waals surface area contributed by atoms with Crippen molar-refractivity contribution in [3.05, 3.63) is 53.6 Å². The highest BCUT2D eigenvalue weighted by atomic mass is 16.3. The van der Waals surface area contributed by atoms with Gasteiger partial charge in [0, 0.05) is 29.3 Å². The molecule has 5 nitrogen and oxygen atoms in total. The Morgan fingerprint density at radius 2 is 2.00 bits per heavy atom. The number of hydrogen-bond acceptors (Lipinski definition) is 4. The standard InChI is InChI=1S/C21H26N4O/c1-15-13-16(9-10-19(15)22-11-6-12-25(2)3)23-14-18-17-7-4-5-8-20(17)24-21(18)26/h4-5,7-10,13-14,22,24,26H,6,11-12H2,1-3H3. The van der Waals surface area contributed by atoms with E-state index < -0.39 is 0 Å². The van der Waals surface area contributed by atoms with Gasteiger partial charge in [-0.3, -0.25) is 4.99 Å². The maximum atomic E-state index is 10.1. The second kappa shape index (κ2) is 8.06. The lowest BCUT2D eigenvalue weighted by Gasteiger charge is -2.12. The number of nitrogens with zero attached hydrogens (tertiary/aromatic N) is 2. The second-order valence-corrected chi connectivity index (χ2v) is 6.77. The van der Waals surface area contributed by atoms with Gasteiger partial charge in [0.2, 0.25) is 0 Å². The van der Waals surface area contributed by atoms with Gasteiger partial charge in [-0.15, -0.1) is 0 Å². The Morgan fingerprint density at radius 3 is 2.77 bits per heavy atom. The zero-order valence-corrected chi connectivity index (χ0v) is 15.6. The number of H-pyrrole nitrogens is 1. The molecule has 5 heteroatoms. The molecule has 0 saturated carbocycles. The van der Waals surface area contributed by atoms with Crippen LogP contribution in [0.1, 0.15) is 17.5 Å². The summed E-state index contributed by atoms with van der Waals surface area (Å²) >= 11 is 0. The number of fused-ring (bicyclic) bond motifs is 1. The van der Waals surface area contributed by atoms with Crippen LogP contribution in [0.15, 0.2) is 47.5 Å². The zero-order valence-electron chi connectivity index (χ0n) is 15.6. The van der Waals surface area contributed by atoms with Crippen molar-refractivity contribution in [3.63, 3.8) is 0 Å². The predicted molar refractivity (Wildman–Crippen MR) is 110 cm³/mol. The van der Waals surface area contributed by atoms with Crippen molar-refractivity contribution in [2.75, 3.05) is 32.5 Å². The number of hydrogen-bond donors (Lipinski definition) is 3. The highest BCUT2D eigenvalue weighted by Gasteiger charge is 2.07. The Kier molecular flexibility index (Phi) is 5.58. The van der Waals surface area contributed by atoms with Crippen LogP contribution < -0.4 is 5.32 Å². The lowest BCUT2D eigenvalue weighted by molar-refractivity contribution is 0.405. The fourth-order valence-corrected chi connectivity index (χ4v) is 2.96. The fourth-order valence-electron chi connectivity index (χ4n) is 2.96. The van der Waals surface area contributed by atoms with Crippen LogP contribution in [0.3, 0.4) is 0 Å². The zero-order chi connectivity index (χ0) is 18.5. The largest absolute Gasteiger partial charge is 0.494 e. The van der Waals surface area contributed by atoms with Crippen molar-refractivity contribution in [2.45, 2.75) is 13.3 Å². The van der Waals surface area contributed by atoms with E-state index in [9.17, 15) is 5.11 Å². The molecule has 1 aromatic heterocycles. The monoisotopic (exact) mass is 350 g/mol. The van der Waals surface area contributed by atoms with Crippen molar-refractivity contribution in [3.8, 4) is 5.88 Å². The average molecular weight is 350 g/mol. The van der Waals surface area contributed by atoms with Gasteiger partial charge in [-0.1, -0.05) is 18.2 Å². The molecule has 3 rings (SSSR count). The summed E-state index contributed by atoms with van der Waals surface area (Å²) in [7, 11) is 4.17. The number of aromatic hydroxyl groups is 1. The molecule has 1 heterocycles. The lowest BCUT2D eigenvalue weighted by Crippen LogP contribution is -2.16. The third kappa shape index (κ3) is 4.24. The van der Waals surface area contributed by atoms with Gasteiger partial charge in [0.1, 0.15) is 0 Å². The summed E-state index contributed by atoms with van der Waals surface area (Å²) in [6, 6.07) is 13.9. The Bertz CT molecular complexity index is 912. The summed E-state index contributed by atoms with van der Waals surface area (Å²) < 4.78 is 0. The van der Waals surface area contributed by atoms with Gasteiger partial charge in [-0.05, 0) is 63.8 Å². The first-order chi connectivity index (χ1) is 12.5. The molecule has 0 spiro atoms. The highest BCUT2D eigenvalue weighted by Crippen LogP contribution is 2.27. The smallest absolute Gasteiger partial charge is 0.198 e. The molecule has 0 fully saturated rings. The number of nitrogens with one attached hydrogen (secondary N) is 2. The molecule has 0 aliphatic carbocycles. The fraction of sp³-hybridized carbons (Fsp3) is 0.286. The number of para-hydroxylation sites is 1. The van der Waals surface area contributed by atoms with Gasteiger partial charge >= 0.3 is 0 Å². The van der Waals surface area contributed by atoms with Crippen LogP contribution in [0.4, 0.5) is 11.4 Å². The SMILES string of the molecule is Cc1cc(N=Cc2c(O)[nH]c3ccccc23)ccc1NCCCN(C)C. The predicted octanol–water partition coefficient (Wildman–Crippen LogP) is 4.30. The van der Waals surface area contributed by atoms with Gasteiger partial charge in [-0.2, -0.15) is 0 Å². The van der Waals surface area contributed by atoms with Gasteiger partial charge in [0.15, 0.2) is 5.88 Å². The number of aromatic nitrogens is 1. The molecule has 0 atom stereocenters. The van der Waals surface area contributed by atoms with Crippen LogP contribution in [0.5, 0.6) is 5.88 Å². The molecule has 0 saturated heterocycles. The lowest BCUT2D eigenvalue weighted by atomic mass is 10.1. The van der Waals surface area contributed by atoms with E-state index in [2.05, 4.69) is 53.3 Å². The topological polar surface area (TPSA) is 63.7 Å². The first kappa shape index (κ1) is 18.0. The molecule has 26 heavy (non-hydrogen) atoms. The summed E-state index contributed by atoms with van der Waals surface area (Å²) in [4.78, 5) is 9.70. The second-order valence-electron chi connectivity index (χ2n) is 6.77. The minimum absolute atomic E-state index is 0.144. The first-order valence-corrected chi connectivity index (χ1v) is 8.87. The molecule has 0 aliphatic heterocycles. The van der Waals surface area contributed by atoms with Crippen molar-refractivity contribution in [2.24, 2.45) is 4.99 Å². The van der Waals surface area contributed by atoms with Crippen LogP contribution in [0.2, 0.25) is 0 Å². The summed E-state index contributed by atoms with van der Waals surface area (Å²) in [6.07, 6.45) is 2.82. The summed E-state index contributed by atoms with van der Waals surface area (Å²) in [5.41, 5.74) is 4.78. The Morgan fingerprint density at radius 1 is 1.19 bits per heavy atom. The Labute approximate surface area is 154 Å². The van der Waals surface area contributed by atoms with Gasteiger partial charge < -0.3 is 20.3 Å². The van der Waals surface area contributed by atoms with Crippen molar-refractivity contribution in [1.82, 2.24) is 9.88 Å². The molecular formula is C21H26N4O. The molecule has 0 radical (unpaired) electrons. The molecule has 0 aliphatic rings. The highest BCUT2D eigenvalue weighted by molar-refractivity contribution is 6.02. The third-order valence-electron chi connectivity index (χ3n) is 4.38. The Hall–Kier alpha value is -2.79.